The molecule has 98 heavy (non-hydrogen) atoms. The van der Waals surface area contributed by atoms with E-state index in [9.17, 15) is 14.4 Å². The summed E-state index contributed by atoms with van der Waals surface area (Å²) in [6, 6.07) is 25.4. The van der Waals surface area contributed by atoms with Crippen molar-refractivity contribution in [3.8, 4) is 17.2 Å². The molecule has 0 unspecified atom stereocenters. The van der Waals surface area contributed by atoms with E-state index in [2.05, 4.69) is 77.9 Å². The van der Waals surface area contributed by atoms with Gasteiger partial charge in [0.2, 0.25) is 0 Å². The van der Waals surface area contributed by atoms with Crippen molar-refractivity contribution in [1.82, 2.24) is 0 Å². The molecule has 9 aliphatic rings. The van der Waals surface area contributed by atoms with Gasteiger partial charge in [0.15, 0.2) is 0 Å². The summed E-state index contributed by atoms with van der Waals surface area (Å²) in [6.45, 7) is 13.9. The Bertz CT molecular complexity index is 2680. The van der Waals surface area contributed by atoms with Gasteiger partial charge in [0.1, 0.15) is 17.2 Å². The largest absolute Gasteiger partial charge is 0.426 e. The molecule has 0 radical (unpaired) electrons. The Morgan fingerprint density at radius 1 is 0.265 bits per heavy atom. The number of esters is 3. The number of carbonyl (C=O) groups is 3. The zero-order valence-electron chi connectivity index (χ0n) is 63.5. The summed E-state index contributed by atoms with van der Waals surface area (Å²) in [5.41, 5.74) is 4.28. The van der Waals surface area contributed by atoms with Crippen molar-refractivity contribution < 1.29 is 28.6 Å². The van der Waals surface area contributed by atoms with E-state index in [4.69, 9.17) is 14.2 Å². The van der Waals surface area contributed by atoms with Gasteiger partial charge in [0.25, 0.3) is 0 Å². The van der Waals surface area contributed by atoms with Crippen LogP contribution in [-0.4, -0.2) is 17.9 Å². The second-order valence-corrected chi connectivity index (χ2v) is 34.8. The first-order chi connectivity index (χ1) is 47.9. The summed E-state index contributed by atoms with van der Waals surface area (Å²) >= 11 is 0. The highest BCUT2D eigenvalue weighted by Crippen LogP contribution is 2.47. The molecule has 0 heterocycles. The number of hydrogen-bond donors (Lipinski definition) is 0. The molecule has 3 aromatic rings. The second kappa shape index (κ2) is 40.8. The summed E-state index contributed by atoms with van der Waals surface area (Å²) in [5, 5.41) is 0. The molecule has 9 saturated carbocycles. The highest BCUT2D eigenvalue weighted by atomic mass is 16.5. The predicted octanol–water partition coefficient (Wildman–Crippen LogP) is 26.8. The van der Waals surface area contributed by atoms with E-state index in [1.54, 1.807) is 0 Å². The molecule has 3 aromatic carbocycles. The Kier molecular flexibility index (Phi) is 31.9. The molecular formula is C92H142O6. The fourth-order valence-electron chi connectivity index (χ4n) is 21.6. The Hall–Kier alpha value is -3.93. The molecule has 0 spiro atoms. The third-order valence-corrected chi connectivity index (χ3v) is 28.2. The van der Waals surface area contributed by atoms with Gasteiger partial charge in [0, 0.05) is 0 Å². The second-order valence-electron chi connectivity index (χ2n) is 34.8. The maximum atomic E-state index is 12.9. The van der Waals surface area contributed by atoms with Crippen LogP contribution in [0, 0.1) is 88.8 Å². The van der Waals surface area contributed by atoms with Crippen molar-refractivity contribution in [3.63, 3.8) is 0 Å². The van der Waals surface area contributed by atoms with Crippen LogP contribution in [0.1, 0.15) is 378 Å². The van der Waals surface area contributed by atoms with Crippen LogP contribution in [0.3, 0.4) is 0 Å². The zero-order valence-corrected chi connectivity index (χ0v) is 63.5. The first-order valence-electron chi connectivity index (χ1n) is 42.9. The number of unbranched alkanes of at least 4 members (excludes halogenated alkanes) is 1. The summed E-state index contributed by atoms with van der Waals surface area (Å²) in [5.74, 6) is 15.6. The number of hydrogen-bond acceptors (Lipinski definition) is 6. The van der Waals surface area contributed by atoms with Gasteiger partial charge in [-0.05, 0) is 322 Å². The number of benzene rings is 3. The van der Waals surface area contributed by atoms with Crippen LogP contribution in [0.4, 0.5) is 0 Å². The topological polar surface area (TPSA) is 78.9 Å². The van der Waals surface area contributed by atoms with Gasteiger partial charge in [-0.3, -0.25) is 14.4 Å². The first kappa shape index (κ1) is 76.7. The Morgan fingerprint density at radius 3 is 0.714 bits per heavy atom. The van der Waals surface area contributed by atoms with Gasteiger partial charge >= 0.3 is 17.9 Å². The SMILES string of the molecule is CCCC1CCC(C2CCC(C(=O)Oc3ccc(C4CCC(C)CC4)cc3)CC2)CC1.CCCC1CCC(c2ccc(OC(=O)C3CCC(C4CCC(CCC)CC4)CC3)cc2)CC1.CCCCC1CCC(c2ccc(OC(=O)C3CCC(C4CCC(CCC)CC4)CC3)cc2)CC1. The van der Waals surface area contributed by atoms with Crippen molar-refractivity contribution in [2.75, 3.05) is 0 Å². The zero-order chi connectivity index (χ0) is 68.4. The Balaban J connectivity index is 0.000000159. The maximum Gasteiger partial charge on any atom is 0.314 e. The summed E-state index contributed by atoms with van der Waals surface area (Å²) in [7, 11) is 0. The van der Waals surface area contributed by atoms with Crippen molar-refractivity contribution in [2.45, 2.75) is 361 Å². The summed E-state index contributed by atoms with van der Waals surface area (Å²) in [4.78, 5) is 38.4. The minimum atomic E-state index is 0.00402. The molecule has 0 amide bonds. The van der Waals surface area contributed by atoms with E-state index in [1.165, 1.54) is 280 Å². The predicted molar refractivity (Wildman–Crippen MR) is 408 cm³/mol. The Morgan fingerprint density at radius 2 is 0.480 bits per heavy atom. The quantitative estimate of drug-likeness (QED) is 0.0695. The average molecular weight is 1340 g/mol. The van der Waals surface area contributed by atoms with Crippen molar-refractivity contribution in [2.24, 2.45) is 88.8 Å². The first-order valence-corrected chi connectivity index (χ1v) is 42.9. The number of carbonyl (C=O) groups excluding carboxylic acids is 3. The molecule has 9 aliphatic carbocycles. The maximum absolute atomic E-state index is 12.9. The highest BCUT2D eigenvalue weighted by molar-refractivity contribution is 5.76. The lowest BCUT2D eigenvalue weighted by Crippen LogP contribution is -2.30. The van der Waals surface area contributed by atoms with Crippen LogP contribution in [-0.2, 0) is 14.4 Å². The third-order valence-electron chi connectivity index (χ3n) is 28.2. The van der Waals surface area contributed by atoms with Gasteiger partial charge in [-0.1, -0.05) is 200 Å². The standard InChI is InChI=1S/C32H50O2.C31H48O2.C29H44O2/c1-3-5-7-25-10-14-27(15-11-25)29-20-22-31(23-21-29)34-32(33)30-18-16-28(17-19-30)26-12-8-24(6-4-2)9-13-26;1-3-5-23-7-11-25(12-8-23)27-15-17-29(18-16-27)31(32)33-30-21-19-28(20-22-30)26-13-9-24(6-4-2)10-14-26;1-3-4-22-7-11-24(12-8-22)25-13-15-27(16-14-25)29(30)31-28-19-17-26(18-20-28)23-9-5-21(2)6-10-23/h20-28,30H,3-19H2,1-2H3;19-27,29H,3-18H2,1-2H3;17-25,27H,3-16H2,1-2H3. The van der Waals surface area contributed by atoms with E-state index in [1.807, 2.05) is 36.4 Å². The van der Waals surface area contributed by atoms with Crippen molar-refractivity contribution in [1.29, 1.82) is 0 Å². The minimum absolute atomic E-state index is 0.00402. The van der Waals surface area contributed by atoms with E-state index < -0.39 is 0 Å². The molecule has 0 saturated heterocycles. The molecule has 0 N–H and O–H groups in total. The van der Waals surface area contributed by atoms with E-state index >= 15 is 0 Å². The molecule has 12 rings (SSSR count). The van der Waals surface area contributed by atoms with Crippen LogP contribution in [0.25, 0.3) is 0 Å². The number of rotatable bonds is 23. The molecule has 0 aromatic heterocycles. The minimum Gasteiger partial charge on any atom is -0.426 e. The number of ether oxygens (including phenoxy) is 3. The van der Waals surface area contributed by atoms with E-state index in [0.29, 0.717) is 17.8 Å². The summed E-state index contributed by atoms with van der Waals surface area (Å²) < 4.78 is 17.5. The molecule has 9 fully saturated rings. The fourth-order valence-corrected chi connectivity index (χ4v) is 21.6. The van der Waals surface area contributed by atoms with E-state index in [0.717, 1.165) is 127 Å². The highest BCUT2D eigenvalue weighted by Gasteiger charge is 2.38. The lowest BCUT2D eigenvalue weighted by atomic mass is 9.69. The molecule has 546 valence electrons. The van der Waals surface area contributed by atoms with Crippen LogP contribution in [0.5, 0.6) is 17.2 Å². The van der Waals surface area contributed by atoms with Crippen LogP contribution >= 0.6 is 0 Å². The third kappa shape index (κ3) is 23.5. The van der Waals surface area contributed by atoms with Gasteiger partial charge < -0.3 is 14.2 Å². The fraction of sp³-hybridized carbons (Fsp3) is 0.772. The molecule has 6 nitrogen and oxygen atoms in total. The van der Waals surface area contributed by atoms with Crippen LogP contribution in [0.15, 0.2) is 72.8 Å². The van der Waals surface area contributed by atoms with Crippen molar-refractivity contribution in [3.05, 3.63) is 89.5 Å². The van der Waals surface area contributed by atoms with Crippen molar-refractivity contribution >= 4 is 17.9 Å². The molecule has 0 atom stereocenters. The smallest absolute Gasteiger partial charge is 0.314 e. The monoisotopic (exact) mass is 1340 g/mol. The van der Waals surface area contributed by atoms with Gasteiger partial charge in [0.05, 0.1) is 17.8 Å². The average Bonchev–Trinajstić information content (AvgIpc) is 0.932. The normalized spacial score (nSPS) is 33.1. The summed E-state index contributed by atoms with van der Waals surface area (Å²) in [6.07, 6.45) is 61.9. The lowest BCUT2D eigenvalue weighted by molar-refractivity contribution is -0.141. The Labute approximate surface area is 599 Å². The molecule has 6 heteroatoms. The van der Waals surface area contributed by atoms with Gasteiger partial charge in [-0.15, -0.1) is 0 Å². The van der Waals surface area contributed by atoms with Gasteiger partial charge in [-0.25, -0.2) is 0 Å². The lowest BCUT2D eigenvalue weighted by Gasteiger charge is -2.37. The van der Waals surface area contributed by atoms with Gasteiger partial charge in [-0.2, -0.15) is 0 Å². The molecular weight excluding hydrogens is 1200 g/mol. The van der Waals surface area contributed by atoms with Crippen LogP contribution in [0.2, 0.25) is 0 Å². The molecule has 0 bridgehead atoms. The molecule has 0 aliphatic heterocycles. The van der Waals surface area contributed by atoms with E-state index in [-0.39, 0.29) is 35.7 Å². The van der Waals surface area contributed by atoms with Crippen LogP contribution < -0.4 is 14.2 Å².